The molecule has 0 saturated heterocycles. The van der Waals surface area contributed by atoms with Gasteiger partial charge in [-0.15, -0.1) is 10.2 Å². The van der Waals surface area contributed by atoms with E-state index in [0.29, 0.717) is 11.2 Å². The predicted octanol–water partition coefficient (Wildman–Crippen LogP) is 2.95. The molecule has 0 spiro atoms. The normalized spacial score (nSPS) is 14.0. The van der Waals surface area contributed by atoms with Gasteiger partial charge in [0.25, 0.3) is 0 Å². The fourth-order valence-electron chi connectivity index (χ4n) is 2.02. The van der Waals surface area contributed by atoms with Crippen LogP contribution in [0.15, 0.2) is 35.7 Å². The van der Waals surface area contributed by atoms with E-state index in [2.05, 4.69) is 20.3 Å². The molecule has 1 aromatic heterocycles. The van der Waals surface area contributed by atoms with Crippen molar-refractivity contribution in [3.8, 4) is 5.75 Å². The van der Waals surface area contributed by atoms with E-state index in [0.717, 1.165) is 12.8 Å². The third-order valence-electron chi connectivity index (χ3n) is 3.19. The second-order valence-corrected chi connectivity index (χ2v) is 5.91. The molecule has 0 aliphatic heterocycles. The Morgan fingerprint density at radius 3 is 2.96 bits per heavy atom. The molecule has 1 aliphatic rings. The van der Waals surface area contributed by atoms with Crippen LogP contribution < -0.4 is 10.1 Å². The molecule has 2 aromatic rings. The average molecular weight is 340 g/mol. The first-order valence-electron chi connectivity index (χ1n) is 6.99. The molecule has 9 heteroatoms. The lowest BCUT2D eigenvalue weighted by Gasteiger charge is -2.11. The third kappa shape index (κ3) is 4.19. The molecular formula is C14H14F2N4O2S. The molecular weight excluding hydrogens is 326 g/mol. The first-order chi connectivity index (χ1) is 11.1. The van der Waals surface area contributed by atoms with Crippen LogP contribution >= 0.6 is 11.8 Å². The van der Waals surface area contributed by atoms with Crippen LogP contribution in [0, 0.1) is 0 Å². The lowest BCUT2D eigenvalue weighted by Crippen LogP contribution is -2.16. The van der Waals surface area contributed by atoms with Crippen molar-refractivity contribution < 1.29 is 18.3 Å². The smallest absolute Gasteiger partial charge is 0.387 e. The molecule has 23 heavy (non-hydrogen) atoms. The van der Waals surface area contributed by atoms with Crippen LogP contribution in [0.2, 0.25) is 0 Å². The molecule has 1 heterocycles. The number of carbonyl (C=O) groups is 1. The zero-order valence-corrected chi connectivity index (χ0v) is 12.8. The Balaban J connectivity index is 1.58. The number of alkyl halides is 2. The van der Waals surface area contributed by atoms with Crippen molar-refractivity contribution >= 4 is 23.4 Å². The summed E-state index contributed by atoms with van der Waals surface area (Å²) in [6.45, 7) is -2.94. The Bertz CT molecular complexity index is 691. The van der Waals surface area contributed by atoms with E-state index < -0.39 is 6.61 Å². The maximum absolute atomic E-state index is 12.3. The van der Waals surface area contributed by atoms with Crippen LogP contribution in [0.3, 0.4) is 0 Å². The van der Waals surface area contributed by atoms with Crippen molar-refractivity contribution in [2.24, 2.45) is 0 Å². The van der Waals surface area contributed by atoms with Gasteiger partial charge in [-0.25, -0.2) is 0 Å². The van der Waals surface area contributed by atoms with E-state index in [1.807, 2.05) is 4.57 Å². The fraction of sp³-hybridized carbons (Fsp3) is 0.357. The van der Waals surface area contributed by atoms with Crippen molar-refractivity contribution in [3.63, 3.8) is 0 Å². The molecule has 0 radical (unpaired) electrons. The lowest BCUT2D eigenvalue weighted by atomic mass is 10.3. The molecule has 3 rings (SSSR count). The summed E-state index contributed by atoms with van der Waals surface area (Å²) in [6, 6.07) is 6.49. The monoisotopic (exact) mass is 340 g/mol. The number of benzene rings is 1. The summed E-state index contributed by atoms with van der Waals surface area (Å²) in [5.41, 5.74) is 0.210. The standard InChI is InChI=1S/C14H14F2N4O2S/c15-13(16)22-11-4-2-1-3-10(11)18-12(21)7-23-14-19-17-8-20(14)9-5-6-9/h1-4,8-9,13H,5-7H2,(H,18,21). The molecule has 0 atom stereocenters. The largest absolute Gasteiger partial charge is 0.433 e. The average Bonchev–Trinajstić information content (AvgIpc) is 3.25. The number of para-hydroxylation sites is 2. The summed E-state index contributed by atoms with van der Waals surface area (Å²) >= 11 is 1.26. The van der Waals surface area contributed by atoms with Crippen LogP contribution in [0.4, 0.5) is 14.5 Å². The first-order valence-corrected chi connectivity index (χ1v) is 7.98. The number of amides is 1. The van der Waals surface area contributed by atoms with Crippen LogP contribution in [0.25, 0.3) is 0 Å². The quantitative estimate of drug-likeness (QED) is 0.785. The van der Waals surface area contributed by atoms with Gasteiger partial charge in [-0.2, -0.15) is 8.78 Å². The minimum absolute atomic E-state index is 0.0676. The predicted molar refractivity (Wildman–Crippen MR) is 80.7 cm³/mol. The minimum Gasteiger partial charge on any atom is -0.433 e. The second kappa shape index (κ2) is 6.95. The van der Waals surface area contributed by atoms with E-state index in [1.54, 1.807) is 18.5 Å². The molecule has 122 valence electrons. The van der Waals surface area contributed by atoms with Gasteiger partial charge in [-0.3, -0.25) is 4.79 Å². The molecule has 1 aliphatic carbocycles. The summed E-state index contributed by atoms with van der Waals surface area (Å²) in [6.07, 6.45) is 3.84. The number of nitrogens with zero attached hydrogens (tertiary/aromatic N) is 3. The number of hydrogen-bond donors (Lipinski definition) is 1. The number of carbonyl (C=O) groups excluding carboxylic acids is 1. The lowest BCUT2D eigenvalue weighted by molar-refractivity contribution is -0.113. The Kier molecular flexibility index (Phi) is 4.75. The number of anilines is 1. The van der Waals surface area contributed by atoms with Gasteiger partial charge in [0.1, 0.15) is 12.1 Å². The van der Waals surface area contributed by atoms with E-state index in [9.17, 15) is 13.6 Å². The molecule has 1 N–H and O–H groups in total. The Morgan fingerprint density at radius 1 is 1.43 bits per heavy atom. The Labute approximate surface area is 135 Å². The van der Waals surface area contributed by atoms with Gasteiger partial charge in [0.15, 0.2) is 5.16 Å². The summed E-state index contributed by atoms with van der Waals surface area (Å²) in [5.74, 6) is -0.290. The molecule has 0 bridgehead atoms. The summed E-state index contributed by atoms with van der Waals surface area (Å²) in [4.78, 5) is 12.0. The van der Waals surface area contributed by atoms with Crippen LogP contribution in [0.1, 0.15) is 18.9 Å². The van der Waals surface area contributed by atoms with Gasteiger partial charge in [0.2, 0.25) is 5.91 Å². The zero-order chi connectivity index (χ0) is 16.2. The highest BCUT2D eigenvalue weighted by atomic mass is 32.2. The molecule has 1 aromatic carbocycles. The second-order valence-electron chi connectivity index (χ2n) is 4.96. The van der Waals surface area contributed by atoms with Crippen molar-refractivity contribution in [1.29, 1.82) is 0 Å². The van der Waals surface area contributed by atoms with Gasteiger partial charge >= 0.3 is 6.61 Å². The van der Waals surface area contributed by atoms with Gasteiger partial charge in [-0.1, -0.05) is 23.9 Å². The Morgan fingerprint density at radius 2 is 2.22 bits per heavy atom. The highest BCUT2D eigenvalue weighted by Gasteiger charge is 2.26. The topological polar surface area (TPSA) is 69.0 Å². The number of halogens is 2. The number of ether oxygens (including phenoxy) is 1. The van der Waals surface area contributed by atoms with Crippen molar-refractivity contribution in [2.75, 3.05) is 11.1 Å². The summed E-state index contributed by atoms with van der Waals surface area (Å²) in [7, 11) is 0. The maximum Gasteiger partial charge on any atom is 0.387 e. The van der Waals surface area contributed by atoms with E-state index in [-0.39, 0.29) is 23.1 Å². The Hall–Kier alpha value is -2.16. The summed E-state index contributed by atoms with van der Waals surface area (Å²) in [5, 5.41) is 11.1. The van der Waals surface area contributed by atoms with Crippen LogP contribution in [-0.2, 0) is 4.79 Å². The SMILES string of the molecule is O=C(CSc1nncn1C1CC1)Nc1ccccc1OC(F)F. The van der Waals surface area contributed by atoms with Gasteiger partial charge in [0, 0.05) is 6.04 Å². The van der Waals surface area contributed by atoms with E-state index >= 15 is 0 Å². The van der Waals surface area contributed by atoms with Gasteiger partial charge < -0.3 is 14.6 Å². The fourth-order valence-corrected chi connectivity index (χ4v) is 2.81. The van der Waals surface area contributed by atoms with Crippen LogP contribution in [-0.4, -0.2) is 33.0 Å². The molecule has 6 nitrogen and oxygen atoms in total. The number of nitrogens with one attached hydrogen (secondary N) is 1. The van der Waals surface area contributed by atoms with E-state index in [1.165, 1.54) is 23.9 Å². The molecule has 1 amide bonds. The van der Waals surface area contributed by atoms with Crippen molar-refractivity contribution in [2.45, 2.75) is 30.7 Å². The van der Waals surface area contributed by atoms with Gasteiger partial charge in [-0.05, 0) is 25.0 Å². The van der Waals surface area contributed by atoms with Gasteiger partial charge in [0.05, 0.1) is 11.4 Å². The molecule has 0 unspecified atom stereocenters. The van der Waals surface area contributed by atoms with Crippen molar-refractivity contribution in [3.05, 3.63) is 30.6 Å². The zero-order valence-electron chi connectivity index (χ0n) is 12.0. The number of rotatable bonds is 7. The summed E-state index contributed by atoms with van der Waals surface area (Å²) < 4.78 is 31.0. The third-order valence-corrected chi connectivity index (χ3v) is 4.15. The van der Waals surface area contributed by atoms with Crippen LogP contribution in [0.5, 0.6) is 5.75 Å². The highest BCUT2D eigenvalue weighted by Crippen LogP contribution is 2.37. The number of aromatic nitrogens is 3. The van der Waals surface area contributed by atoms with E-state index in [4.69, 9.17) is 0 Å². The van der Waals surface area contributed by atoms with Crippen molar-refractivity contribution in [1.82, 2.24) is 14.8 Å². The highest BCUT2D eigenvalue weighted by molar-refractivity contribution is 7.99. The molecule has 1 saturated carbocycles. The molecule has 1 fully saturated rings. The minimum atomic E-state index is -2.94. The number of thioether (sulfide) groups is 1. The number of hydrogen-bond acceptors (Lipinski definition) is 5. The maximum atomic E-state index is 12.3. The first kappa shape index (κ1) is 15.7.